The molecule has 0 spiro atoms. The molecule has 0 aliphatic carbocycles. The second-order valence-electron chi connectivity index (χ2n) is 13.8. The minimum Gasteiger partial charge on any atom is -0.454 e. The molecule has 0 saturated carbocycles. The topological polar surface area (TPSA) is 21.3 Å². The number of hydrogen-bond donors (Lipinski definition) is 0. The number of nitrogens with zero attached hydrogens (tertiary/aromatic N) is 2. The number of anilines is 3. The van der Waals surface area contributed by atoms with Gasteiger partial charge in [0.05, 0.1) is 5.69 Å². The average molecular weight is 621 g/mol. The molecule has 0 radical (unpaired) electrons. The van der Waals surface area contributed by atoms with Crippen LogP contribution in [0.4, 0.5) is 17.1 Å². The largest absolute Gasteiger partial charge is 0.454 e. The van der Waals surface area contributed by atoms with E-state index in [2.05, 4.69) is 138 Å². The van der Waals surface area contributed by atoms with Gasteiger partial charge in [0.25, 0.3) is 0 Å². The van der Waals surface area contributed by atoms with Crippen molar-refractivity contribution in [1.29, 1.82) is 0 Å². The highest BCUT2D eigenvalue weighted by atomic mass is 16.3. The smallest absolute Gasteiger partial charge is 0.333 e. The predicted octanol–water partition coefficient (Wildman–Crippen LogP) is 10.8. The van der Waals surface area contributed by atoms with Crippen molar-refractivity contribution in [3.8, 4) is 11.1 Å². The van der Waals surface area contributed by atoms with Crippen LogP contribution < -0.4 is 15.8 Å². The van der Waals surface area contributed by atoms with E-state index in [0.29, 0.717) is 0 Å². The Hall–Kier alpha value is -5.22. The van der Waals surface area contributed by atoms with Gasteiger partial charge in [-0.3, -0.25) is 0 Å². The van der Waals surface area contributed by atoms with Gasteiger partial charge in [-0.25, -0.2) is 0 Å². The van der Waals surface area contributed by atoms with E-state index in [0.717, 1.165) is 24.0 Å². The molecule has 10 rings (SSSR count). The van der Waals surface area contributed by atoms with Gasteiger partial charge < -0.3 is 13.8 Å². The molecule has 0 atom stereocenters. The van der Waals surface area contributed by atoms with Crippen molar-refractivity contribution < 1.29 is 4.42 Å². The van der Waals surface area contributed by atoms with E-state index in [-0.39, 0.29) is 6.85 Å². The van der Waals surface area contributed by atoms with Gasteiger partial charge in [0, 0.05) is 49.5 Å². The fraction of sp³-hybridized carbons (Fsp3) is 0.182. The van der Waals surface area contributed by atoms with Crippen LogP contribution in [-0.4, -0.2) is 11.3 Å². The molecule has 0 amide bonds. The fourth-order valence-electron chi connectivity index (χ4n) is 8.71. The van der Waals surface area contributed by atoms with Crippen molar-refractivity contribution in [1.82, 2.24) is 4.48 Å². The molecule has 0 unspecified atom stereocenters. The molecular weight excluding hydrogens is 583 g/mol. The van der Waals surface area contributed by atoms with Crippen molar-refractivity contribution in [2.45, 2.75) is 52.4 Å². The van der Waals surface area contributed by atoms with Gasteiger partial charge in [-0.1, -0.05) is 106 Å². The Morgan fingerprint density at radius 1 is 0.625 bits per heavy atom. The monoisotopic (exact) mass is 620 g/mol. The Labute approximate surface area is 281 Å². The molecule has 0 fully saturated rings. The van der Waals surface area contributed by atoms with Crippen LogP contribution in [0.1, 0.15) is 50.7 Å². The lowest BCUT2D eigenvalue weighted by Gasteiger charge is -2.40. The third-order valence-corrected chi connectivity index (χ3v) is 10.9. The summed E-state index contributed by atoms with van der Waals surface area (Å²) in [7, 11) is 0. The van der Waals surface area contributed by atoms with Gasteiger partial charge in [0.2, 0.25) is 0 Å². The highest BCUT2D eigenvalue weighted by molar-refractivity contribution is 6.90. The minimum absolute atomic E-state index is 0.0136. The Morgan fingerprint density at radius 3 is 2.23 bits per heavy atom. The Kier molecular flexibility index (Phi) is 6.18. The summed E-state index contributed by atoms with van der Waals surface area (Å²) in [5.41, 5.74) is 16.2. The van der Waals surface area contributed by atoms with Crippen LogP contribution in [0.3, 0.4) is 0 Å². The first-order valence-electron chi connectivity index (χ1n) is 17.8. The molecule has 0 saturated heterocycles. The van der Waals surface area contributed by atoms with Crippen molar-refractivity contribution >= 4 is 78.6 Å². The van der Waals surface area contributed by atoms with Crippen LogP contribution in [0.25, 0.3) is 54.9 Å². The van der Waals surface area contributed by atoms with Crippen LogP contribution in [0.15, 0.2) is 120 Å². The molecule has 6 aromatic carbocycles. The van der Waals surface area contributed by atoms with E-state index in [9.17, 15) is 0 Å². The van der Waals surface area contributed by atoms with Crippen molar-refractivity contribution in [2.24, 2.45) is 0 Å². The number of aromatic nitrogens is 1. The van der Waals surface area contributed by atoms with Crippen LogP contribution in [0, 0.1) is 0 Å². The quantitative estimate of drug-likeness (QED) is 0.165. The van der Waals surface area contributed by atoms with Gasteiger partial charge in [-0.2, -0.15) is 0 Å². The number of para-hydroxylation sites is 3. The number of furan rings is 1. The first kappa shape index (κ1) is 27.9. The summed E-state index contributed by atoms with van der Waals surface area (Å²) < 4.78 is 9.60. The first-order valence-corrected chi connectivity index (χ1v) is 17.8. The van der Waals surface area contributed by atoms with E-state index < -0.39 is 0 Å². The number of benzene rings is 6. The van der Waals surface area contributed by atoms with Crippen LogP contribution >= 0.6 is 0 Å². The zero-order valence-corrected chi connectivity index (χ0v) is 27.6. The minimum atomic E-state index is 0.0136. The second kappa shape index (κ2) is 10.7. The van der Waals surface area contributed by atoms with Crippen molar-refractivity contribution in [3.05, 3.63) is 126 Å². The number of unbranched alkanes of at least 4 members (excludes halogenated alkanes) is 2. The second-order valence-corrected chi connectivity index (χ2v) is 13.8. The lowest BCUT2D eigenvalue weighted by Crippen LogP contribution is -2.56. The lowest BCUT2D eigenvalue weighted by molar-refractivity contribution is 0.669. The molecule has 2 aromatic heterocycles. The summed E-state index contributed by atoms with van der Waals surface area (Å²) in [6, 6.07) is 43.4. The van der Waals surface area contributed by atoms with Gasteiger partial charge in [0.1, 0.15) is 5.58 Å². The average Bonchev–Trinajstić information content (AvgIpc) is 3.68. The number of hydrogen-bond acceptors (Lipinski definition) is 2. The maximum Gasteiger partial charge on any atom is 0.333 e. The summed E-state index contributed by atoms with van der Waals surface area (Å²) in [6.45, 7) is 4.57. The van der Waals surface area contributed by atoms with Crippen molar-refractivity contribution in [2.75, 3.05) is 4.90 Å². The molecule has 3 nitrogen and oxygen atoms in total. The number of rotatable bonds is 7. The normalized spacial score (nSPS) is 13.2. The predicted molar refractivity (Wildman–Crippen MR) is 204 cm³/mol. The Morgan fingerprint density at radius 2 is 1.38 bits per heavy atom. The molecule has 4 heteroatoms. The molecular formula is C44H37BN2O. The molecule has 0 N–H and O–H groups in total. The summed E-state index contributed by atoms with van der Waals surface area (Å²) in [4.78, 5) is 2.55. The van der Waals surface area contributed by atoms with Gasteiger partial charge in [-0.15, -0.1) is 0 Å². The zero-order valence-electron chi connectivity index (χ0n) is 27.6. The third-order valence-electron chi connectivity index (χ3n) is 10.9. The third kappa shape index (κ3) is 3.83. The first-order chi connectivity index (χ1) is 23.7. The fourth-order valence-corrected chi connectivity index (χ4v) is 8.71. The summed E-state index contributed by atoms with van der Waals surface area (Å²) >= 11 is 0. The molecule has 2 aliphatic heterocycles. The van der Waals surface area contributed by atoms with E-state index in [1.807, 2.05) is 0 Å². The van der Waals surface area contributed by atoms with E-state index in [1.165, 1.54) is 109 Å². The van der Waals surface area contributed by atoms with Crippen LogP contribution in [-0.2, 0) is 12.8 Å². The summed E-state index contributed by atoms with van der Waals surface area (Å²) in [6.07, 6.45) is 6.89. The Balaban J connectivity index is 1.38. The Bertz CT molecular complexity index is 2570. The van der Waals surface area contributed by atoms with E-state index in [4.69, 9.17) is 4.42 Å². The standard InChI is InChI=1S/C44H37BN2O/c1-3-5-13-28-15-11-16-30(25-28)46-39-26-29(14-6-4-2)23-24-37(39)45-41-35(27-36-32-18-8-10-22-40(32)48-44(36)43(41)46)34-20-12-19-33-31-17-7-9-21-38(31)47(45)42(33)34/h7-12,15-27H,3-6,13-14H2,1-2H3. The van der Waals surface area contributed by atoms with Gasteiger partial charge >= 0.3 is 6.85 Å². The molecule has 48 heavy (non-hydrogen) atoms. The number of fused-ring (bicyclic) bond motifs is 11. The lowest BCUT2D eigenvalue weighted by atomic mass is 9.45. The molecule has 2 aliphatic rings. The highest BCUT2D eigenvalue weighted by Crippen LogP contribution is 2.49. The SMILES string of the molecule is CCCCc1cccc(N2c3cc(CCCC)ccc3B3c4c(cc5c(oc6ccccc65)c42)-c2cccc4c5ccccc5n3c24)c1. The molecule has 0 bridgehead atoms. The molecule has 8 aromatic rings. The van der Waals surface area contributed by atoms with Crippen LogP contribution in [0.2, 0.25) is 0 Å². The van der Waals surface area contributed by atoms with Gasteiger partial charge in [-0.05, 0) is 89.7 Å². The maximum atomic E-state index is 6.96. The van der Waals surface area contributed by atoms with Gasteiger partial charge in [0.15, 0.2) is 5.58 Å². The van der Waals surface area contributed by atoms with Crippen LogP contribution in [0.5, 0.6) is 0 Å². The van der Waals surface area contributed by atoms with E-state index in [1.54, 1.807) is 0 Å². The van der Waals surface area contributed by atoms with Crippen molar-refractivity contribution in [3.63, 3.8) is 0 Å². The summed E-state index contributed by atoms with van der Waals surface area (Å²) in [5, 5.41) is 4.97. The van der Waals surface area contributed by atoms with E-state index >= 15 is 0 Å². The molecule has 232 valence electrons. The maximum absolute atomic E-state index is 6.96. The number of aryl methyl sites for hydroxylation is 2. The highest BCUT2D eigenvalue weighted by Gasteiger charge is 2.44. The zero-order chi connectivity index (χ0) is 31.9. The summed E-state index contributed by atoms with van der Waals surface area (Å²) in [5.74, 6) is 0. The molecule has 4 heterocycles.